The van der Waals surface area contributed by atoms with E-state index in [0.717, 1.165) is 15.8 Å². The Hall–Kier alpha value is -1.00. The molecule has 0 amide bonds. The van der Waals surface area contributed by atoms with Gasteiger partial charge in [-0.1, -0.05) is 30.1 Å². The molecule has 92 valence electrons. The molecular formula is C13H17NOS2. The van der Waals surface area contributed by atoms with E-state index in [9.17, 15) is 0 Å². The van der Waals surface area contributed by atoms with Gasteiger partial charge in [-0.2, -0.15) is 0 Å². The average molecular weight is 267 g/mol. The summed E-state index contributed by atoms with van der Waals surface area (Å²) in [6, 6.07) is 8.04. The summed E-state index contributed by atoms with van der Waals surface area (Å²) in [5, 5.41) is 0. The fourth-order valence-electron chi connectivity index (χ4n) is 1.45. The van der Waals surface area contributed by atoms with Crippen molar-refractivity contribution in [3.63, 3.8) is 0 Å². The highest BCUT2D eigenvalue weighted by Gasteiger charge is 2.15. The average Bonchev–Trinajstić information content (AvgIpc) is 2.39. The lowest BCUT2D eigenvalue weighted by atomic mass is 10.2. The summed E-state index contributed by atoms with van der Waals surface area (Å²) in [6.45, 7) is 5.89. The summed E-state index contributed by atoms with van der Waals surface area (Å²) in [5.74, 6) is 0.843. The van der Waals surface area contributed by atoms with Crippen LogP contribution in [0.25, 0.3) is 0 Å². The van der Waals surface area contributed by atoms with Crippen LogP contribution in [0.5, 0.6) is 5.75 Å². The molecule has 0 bridgehead atoms. The molecule has 1 unspecified atom stereocenters. The Kier molecular flexibility index (Phi) is 5.51. The van der Waals surface area contributed by atoms with Crippen molar-refractivity contribution in [2.24, 2.45) is 0 Å². The quantitative estimate of drug-likeness (QED) is 0.608. The summed E-state index contributed by atoms with van der Waals surface area (Å²) in [5.41, 5.74) is 1.05. The lowest BCUT2D eigenvalue weighted by Crippen LogP contribution is -2.34. The van der Waals surface area contributed by atoms with E-state index in [1.807, 2.05) is 36.6 Å². The van der Waals surface area contributed by atoms with Gasteiger partial charge in [0.25, 0.3) is 0 Å². The Morgan fingerprint density at radius 2 is 2.06 bits per heavy atom. The third-order valence-electron chi connectivity index (χ3n) is 2.47. The molecule has 4 heteroatoms. The molecule has 0 fully saturated rings. The minimum atomic E-state index is 0.170. The van der Waals surface area contributed by atoms with E-state index in [-0.39, 0.29) is 6.04 Å². The number of methoxy groups -OCH3 is 1. The second-order valence-electron chi connectivity index (χ2n) is 3.51. The fraction of sp³-hybridized carbons (Fsp3) is 0.308. The van der Waals surface area contributed by atoms with Crippen molar-refractivity contribution in [1.82, 2.24) is 0 Å². The van der Waals surface area contributed by atoms with Crippen molar-refractivity contribution >= 4 is 34.0 Å². The zero-order valence-corrected chi connectivity index (χ0v) is 12.0. The van der Waals surface area contributed by atoms with Crippen molar-refractivity contribution in [2.75, 3.05) is 18.3 Å². The van der Waals surface area contributed by atoms with Gasteiger partial charge in [0, 0.05) is 5.69 Å². The van der Waals surface area contributed by atoms with Gasteiger partial charge in [0.05, 0.1) is 13.2 Å². The molecule has 1 aromatic carbocycles. The highest BCUT2D eigenvalue weighted by molar-refractivity contribution is 8.22. The minimum absolute atomic E-state index is 0.170. The number of hydrogen-bond donors (Lipinski definition) is 0. The molecule has 17 heavy (non-hydrogen) atoms. The number of thioether (sulfide) groups is 1. The molecule has 1 rings (SSSR count). The second-order valence-corrected chi connectivity index (χ2v) is 4.95. The number of hydrogen-bond acceptors (Lipinski definition) is 3. The van der Waals surface area contributed by atoms with Crippen LogP contribution < -0.4 is 9.64 Å². The molecule has 0 aliphatic rings. The molecule has 0 aliphatic carbocycles. The Morgan fingerprint density at radius 3 is 2.47 bits per heavy atom. The summed E-state index contributed by atoms with van der Waals surface area (Å²) in [7, 11) is 1.66. The molecule has 0 radical (unpaired) electrons. The van der Waals surface area contributed by atoms with E-state index in [2.05, 4.69) is 18.4 Å². The van der Waals surface area contributed by atoms with Crippen LogP contribution in [0.3, 0.4) is 0 Å². The van der Waals surface area contributed by atoms with Crippen LogP contribution in [0.1, 0.15) is 6.92 Å². The molecular weight excluding hydrogens is 250 g/mol. The van der Waals surface area contributed by atoms with Gasteiger partial charge in [-0.15, -0.1) is 6.58 Å². The molecule has 0 heterocycles. The molecule has 0 aliphatic heterocycles. The van der Waals surface area contributed by atoms with E-state index in [1.54, 1.807) is 18.9 Å². The summed E-state index contributed by atoms with van der Waals surface area (Å²) in [6.07, 6.45) is 3.86. The van der Waals surface area contributed by atoms with Crippen LogP contribution in [0.4, 0.5) is 5.69 Å². The van der Waals surface area contributed by atoms with Gasteiger partial charge in [-0.3, -0.25) is 0 Å². The summed E-state index contributed by atoms with van der Waals surface area (Å²) >= 11 is 6.93. The highest BCUT2D eigenvalue weighted by Crippen LogP contribution is 2.24. The first kappa shape index (κ1) is 14.1. The first-order valence-corrected chi connectivity index (χ1v) is 6.91. The van der Waals surface area contributed by atoms with Crippen molar-refractivity contribution in [3.8, 4) is 5.75 Å². The van der Waals surface area contributed by atoms with E-state index < -0.39 is 0 Å². The van der Waals surface area contributed by atoms with E-state index in [1.165, 1.54) is 0 Å². The van der Waals surface area contributed by atoms with E-state index in [0.29, 0.717) is 0 Å². The van der Waals surface area contributed by atoms with Crippen LogP contribution in [0, 0.1) is 0 Å². The first-order chi connectivity index (χ1) is 8.13. The van der Waals surface area contributed by atoms with E-state index >= 15 is 0 Å². The standard InChI is InChI=1S/C13H17NOS2/c1-5-10(2)14(13(16)17-4)11-6-8-12(15-3)9-7-11/h5-10H,1H2,2-4H3. The topological polar surface area (TPSA) is 12.5 Å². The van der Waals surface area contributed by atoms with Crippen molar-refractivity contribution < 1.29 is 4.74 Å². The zero-order valence-electron chi connectivity index (χ0n) is 10.3. The normalized spacial score (nSPS) is 11.7. The molecule has 0 saturated carbocycles. The minimum Gasteiger partial charge on any atom is -0.497 e. The van der Waals surface area contributed by atoms with E-state index in [4.69, 9.17) is 17.0 Å². The molecule has 0 saturated heterocycles. The fourth-order valence-corrected chi connectivity index (χ4v) is 2.19. The highest BCUT2D eigenvalue weighted by atomic mass is 32.2. The van der Waals surface area contributed by atoms with Gasteiger partial charge in [-0.25, -0.2) is 0 Å². The number of rotatable bonds is 4. The monoisotopic (exact) mass is 267 g/mol. The van der Waals surface area contributed by atoms with Crippen molar-refractivity contribution in [1.29, 1.82) is 0 Å². The summed E-state index contributed by atoms with van der Waals surface area (Å²) in [4.78, 5) is 2.08. The summed E-state index contributed by atoms with van der Waals surface area (Å²) < 4.78 is 5.98. The van der Waals surface area contributed by atoms with Crippen LogP contribution in [-0.2, 0) is 0 Å². The predicted octanol–water partition coefficient (Wildman–Crippen LogP) is 3.72. The van der Waals surface area contributed by atoms with Gasteiger partial charge in [0.15, 0.2) is 0 Å². The second kappa shape index (κ2) is 6.67. The Morgan fingerprint density at radius 1 is 1.47 bits per heavy atom. The smallest absolute Gasteiger partial charge is 0.141 e. The van der Waals surface area contributed by atoms with Gasteiger partial charge in [0.2, 0.25) is 0 Å². The largest absolute Gasteiger partial charge is 0.497 e. The van der Waals surface area contributed by atoms with Gasteiger partial charge < -0.3 is 9.64 Å². The molecule has 2 nitrogen and oxygen atoms in total. The lowest BCUT2D eigenvalue weighted by molar-refractivity contribution is 0.415. The van der Waals surface area contributed by atoms with Crippen molar-refractivity contribution in [3.05, 3.63) is 36.9 Å². The van der Waals surface area contributed by atoms with Gasteiger partial charge >= 0.3 is 0 Å². The van der Waals surface area contributed by atoms with Crippen LogP contribution >= 0.6 is 24.0 Å². The number of benzene rings is 1. The van der Waals surface area contributed by atoms with Gasteiger partial charge in [0.1, 0.15) is 10.1 Å². The number of thiocarbonyl (C=S) groups is 1. The molecule has 0 N–H and O–H groups in total. The SMILES string of the molecule is C=CC(C)N(C(=S)SC)c1ccc(OC)cc1. The Bertz CT molecular complexity index is 389. The molecule has 0 spiro atoms. The van der Waals surface area contributed by atoms with Gasteiger partial charge in [-0.05, 0) is 37.4 Å². The molecule has 1 aromatic rings. The van der Waals surface area contributed by atoms with Crippen LogP contribution in [0.2, 0.25) is 0 Å². The van der Waals surface area contributed by atoms with Crippen LogP contribution in [0.15, 0.2) is 36.9 Å². The first-order valence-electron chi connectivity index (χ1n) is 5.27. The molecule has 0 aromatic heterocycles. The van der Waals surface area contributed by atoms with Crippen LogP contribution in [-0.4, -0.2) is 23.7 Å². The number of anilines is 1. The Balaban J connectivity index is 3.03. The van der Waals surface area contributed by atoms with Crippen molar-refractivity contribution in [2.45, 2.75) is 13.0 Å². The number of nitrogens with zero attached hydrogens (tertiary/aromatic N) is 1. The number of ether oxygens (including phenoxy) is 1. The third kappa shape index (κ3) is 3.48. The maximum absolute atomic E-state index is 5.37. The zero-order chi connectivity index (χ0) is 12.8. The Labute approximate surface area is 113 Å². The molecule has 1 atom stereocenters. The predicted molar refractivity (Wildman–Crippen MR) is 81.2 cm³/mol. The maximum Gasteiger partial charge on any atom is 0.141 e. The maximum atomic E-state index is 5.37. The third-order valence-corrected chi connectivity index (χ3v) is 3.71. The lowest BCUT2D eigenvalue weighted by Gasteiger charge is -2.28.